The molecule has 0 amide bonds. The standard InChI is InChI=1S/C10H21NO2S/c1-9(10-5-3-4-6-10)11-7-8-14(2,12)13/h9-11H,3-8H2,1-2H3/t9-/m1/s1. The maximum absolute atomic E-state index is 10.9. The molecule has 1 saturated carbocycles. The Balaban J connectivity index is 2.17. The third kappa shape index (κ3) is 4.42. The normalized spacial score (nSPS) is 21.3. The summed E-state index contributed by atoms with van der Waals surface area (Å²) in [6.45, 7) is 2.76. The van der Waals surface area contributed by atoms with Crippen molar-refractivity contribution in [3.63, 3.8) is 0 Å². The second kappa shape index (κ2) is 5.12. The van der Waals surface area contributed by atoms with E-state index in [-0.39, 0.29) is 5.75 Å². The minimum Gasteiger partial charge on any atom is -0.313 e. The van der Waals surface area contributed by atoms with Crippen molar-refractivity contribution < 1.29 is 8.42 Å². The van der Waals surface area contributed by atoms with E-state index in [1.807, 2.05) is 0 Å². The number of hydrogen-bond acceptors (Lipinski definition) is 3. The van der Waals surface area contributed by atoms with E-state index in [1.54, 1.807) is 0 Å². The van der Waals surface area contributed by atoms with Gasteiger partial charge in [0.15, 0.2) is 0 Å². The van der Waals surface area contributed by atoms with E-state index in [1.165, 1.54) is 31.9 Å². The molecule has 4 heteroatoms. The van der Waals surface area contributed by atoms with E-state index in [0.717, 1.165) is 5.92 Å². The smallest absolute Gasteiger partial charge is 0.148 e. The lowest BCUT2D eigenvalue weighted by Gasteiger charge is -2.19. The summed E-state index contributed by atoms with van der Waals surface area (Å²) in [4.78, 5) is 0. The molecule has 1 rings (SSSR count). The molecule has 0 saturated heterocycles. The Hall–Kier alpha value is -0.0900. The van der Waals surface area contributed by atoms with Crippen LogP contribution in [0.4, 0.5) is 0 Å². The van der Waals surface area contributed by atoms with Crippen LogP contribution < -0.4 is 5.32 Å². The summed E-state index contributed by atoms with van der Waals surface area (Å²) < 4.78 is 21.8. The predicted octanol–water partition coefficient (Wildman–Crippen LogP) is 1.20. The summed E-state index contributed by atoms with van der Waals surface area (Å²) in [5.41, 5.74) is 0. The van der Waals surface area contributed by atoms with Crippen molar-refractivity contribution in [3.8, 4) is 0 Å². The molecular formula is C10H21NO2S. The molecule has 0 radical (unpaired) electrons. The van der Waals surface area contributed by atoms with Gasteiger partial charge in [0.2, 0.25) is 0 Å². The van der Waals surface area contributed by atoms with Crippen molar-refractivity contribution in [1.82, 2.24) is 5.32 Å². The third-order valence-corrected chi connectivity index (χ3v) is 3.99. The van der Waals surface area contributed by atoms with Gasteiger partial charge in [0.25, 0.3) is 0 Å². The van der Waals surface area contributed by atoms with Crippen LogP contribution in [0.1, 0.15) is 32.6 Å². The molecule has 1 N–H and O–H groups in total. The van der Waals surface area contributed by atoms with Gasteiger partial charge in [-0.1, -0.05) is 12.8 Å². The van der Waals surface area contributed by atoms with Crippen LogP contribution in [0.3, 0.4) is 0 Å². The van der Waals surface area contributed by atoms with Gasteiger partial charge in [-0.2, -0.15) is 0 Å². The molecule has 0 aromatic heterocycles. The van der Waals surface area contributed by atoms with Gasteiger partial charge in [-0.3, -0.25) is 0 Å². The summed E-state index contributed by atoms with van der Waals surface area (Å²) >= 11 is 0. The number of nitrogens with one attached hydrogen (secondary N) is 1. The maximum Gasteiger partial charge on any atom is 0.148 e. The maximum atomic E-state index is 10.9. The average molecular weight is 219 g/mol. The van der Waals surface area contributed by atoms with Crippen molar-refractivity contribution >= 4 is 9.84 Å². The molecule has 1 aliphatic rings. The topological polar surface area (TPSA) is 46.2 Å². The minimum atomic E-state index is -2.81. The molecular weight excluding hydrogens is 198 g/mol. The lowest BCUT2D eigenvalue weighted by Crippen LogP contribution is -2.35. The Morgan fingerprint density at radius 2 is 1.93 bits per heavy atom. The molecule has 1 aliphatic carbocycles. The van der Waals surface area contributed by atoms with Crippen LogP contribution in [-0.2, 0) is 9.84 Å². The van der Waals surface area contributed by atoms with Crippen LogP contribution in [-0.4, -0.2) is 33.0 Å². The first-order valence-corrected chi connectivity index (χ1v) is 7.46. The van der Waals surface area contributed by atoms with Gasteiger partial charge >= 0.3 is 0 Å². The van der Waals surface area contributed by atoms with Gasteiger partial charge in [-0.05, 0) is 25.7 Å². The number of sulfone groups is 1. The fourth-order valence-electron chi connectivity index (χ4n) is 2.10. The van der Waals surface area contributed by atoms with Crippen molar-refractivity contribution in [3.05, 3.63) is 0 Å². The highest BCUT2D eigenvalue weighted by Crippen LogP contribution is 2.27. The second-order valence-corrected chi connectivity index (χ2v) is 6.68. The first-order chi connectivity index (χ1) is 6.49. The first-order valence-electron chi connectivity index (χ1n) is 5.40. The average Bonchev–Trinajstić information content (AvgIpc) is 2.53. The molecule has 14 heavy (non-hydrogen) atoms. The van der Waals surface area contributed by atoms with Gasteiger partial charge < -0.3 is 5.32 Å². The Bertz CT molecular complexity index is 255. The molecule has 0 unspecified atom stereocenters. The third-order valence-electron chi connectivity index (χ3n) is 3.05. The molecule has 0 spiro atoms. The summed E-state index contributed by atoms with van der Waals surface area (Å²) in [5.74, 6) is 1.01. The van der Waals surface area contributed by atoms with Gasteiger partial charge in [0.1, 0.15) is 9.84 Å². The molecule has 0 aromatic rings. The molecule has 1 fully saturated rings. The Morgan fingerprint density at radius 1 is 1.36 bits per heavy atom. The number of rotatable bonds is 5. The van der Waals surface area contributed by atoms with Crippen LogP contribution in [0.5, 0.6) is 0 Å². The zero-order chi connectivity index (χ0) is 10.6. The van der Waals surface area contributed by atoms with E-state index in [4.69, 9.17) is 0 Å². The van der Waals surface area contributed by atoms with Crippen LogP contribution in [0.25, 0.3) is 0 Å². The summed E-state index contributed by atoms with van der Waals surface area (Å²) in [6.07, 6.45) is 6.56. The fourth-order valence-corrected chi connectivity index (χ4v) is 2.58. The van der Waals surface area contributed by atoms with Crippen LogP contribution in [0.2, 0.25) is 0 Å². The van der Waals surface area contributed by atoms with E-state index < -0.39 is 9.84 Å². The van der Waals surface area contributed by atoms with Crippen LogP contribution in [0.15, 0.2) is 0 Å². The Kier molecular flexibility index (Phi) is 4.38. The van der Waals surface area contributed by atoms with Crippen LogP contribution in [0, 0.1) is 5.92 Å². The summed E-state index contributed by atoms with van der Waals surface area (Å²) in [6, 6.07) is 0.472. The fraction of sp³-hybridized carbons (Fsp3) is 1.00. The second-order valence-electron chi connectivity index (χ2n) is 4.42. The highest BCUT2D eigenvalue weighted by atomic mass is 32.2. The number of hydrogen-bond donors (Lipinski definition) is 1. The van der Waals surface area contributed by atoms with Crippen molar-refractivity contribution in [2.45, 2.75) is 38.6 Å². The molecule has 0 aliphatic heterocycles. The van der Waals surface area contributed by atoms with Crippen molar-refractivity contribution in [2.24, 2.45) is 5.92 Å². The highest BCUT2D eigenvalue weighted by Gasteiger charge is 2.20. The van der Waals surface area contributed by atoms with E-state index in [2.05, 4.69) is 12.2 Å². The molecule has 1 atom stereocenters. The van der Waals surface area contributed by atoms with Gasteiger partial charge in [-0.15, -0.1) is 0 Å². The lowest BCUT2D eigenvalue weighted by atomic mass is 10.00. The zero-order valence-electron chi connectivity index (χ0n) is 9.12. The summed E-state index contributed by atoms with van der Waals surface area (Å²) in [5, 5.41) is 3.30. The zero-order valence-corrected chi connectivity index (χ0v) is 9.94. The quantitative estimate of drug-likeness (QED) is 0.756. The van der Waals surface area contributed by atoms with Gasteiger partial charge in [-0.25, -0.2) is 8.42 Å². The van der Waals surface area contributed by atoms with E-state index >= 15 is 0 Å². The molecule has 0 bridgehead atoms. The van der Waals surface area contributed by atoms with Crippen LogP contribution >= 0.6 is 0 Å². The lowest BCUT2D eigenvalue weighted by molar-refractivity contribution is 0.389. The van der Waals surface area contributed by atoms with E-state index in [9.17, 15) is 8.42 Å². The van der Waals surface area contributed by atoms with Crippen molar-refractivity contribution in [1.29, 1.82) is 0 Å². The van der Waals surface area contributed by atoms with Crippen molar-refractivity contribution in [2.75, 3.05) is 18.6 Å². The van der Waals surface area contributed by atoms with E-state index in [0.29, 0.717) is 12.6 Å². The minimum absolute atomic E-state index is 0.254. The summed E-state index contributed by atoms with van der Waals surface area (Å²) in [7, 11) is -2.81. The highest BCUT2D eigenvalue weighted by molar-refractivity contribution is 7.90. The predicted molar refractivity (Wildman–Crippen MR) is 59.1 cm³/mol. The Morgan fingerprint density at radius 3 is 2.43 bits per heavy atom. The SMILES string of the molecule is C[C@@H](NCCS(C)(=O)=O)C1CCCC1. The largest absolute Gasteiger partial charge is 0.313 e. The molecule has 84 valence electrons. The van der Waals surface area contributed by atoms with Gasteiger partial charge in [0, 0.05) is 18.8 Å². The molecule has 0 aromatic carbocycles. The molecule has 0 heterocycles. The Labute approximate surface area is 87.2 Å². The van der Waals surface area contributed by atoms with Gasteiger partial charge in [0.05, 0.1) is 5.75 Å². The first kappa shape index (κ1) is 12.0. The molecule has 3 nitrogen and oxygen atoms in total. The monoisotopic (exact) mass is 219 g/mol.